The SMILES string of the molecule is [CH2]N1CCN(C(=O)OCCCC)CC1. The lowest BCUT2D eigenvalue weighted by Crippen LogP contribution is -2.46. The second-order valence-electron chi connectivity index (χ2n) is 3.57. The first-order valence-electron chi connectivity index (χ1n) is 5.21. The van der Waals surface area contributed by atoms with Gasteiger partial charge in [-0.1, -0.05) is 13.3 Å². The number of carbonyl (C=O) groups is 1. The molecule has 1 heterocycles. The second kappa shape index (κ2) is 5.86. The molecule has 0 aromatic heterocycles. The van der Waals surface area contributed by atoms with E-state index < -0.39 is 0 Å². The Bertz CT molecular complexity index is 177. The number of nitrogens with zero attached hydrogens (tertiary/aromatic N) is 2. The fraction of sp³-hybridized carbons (Fsp3) is 0.800. The molecule has 4 heteroatoms. The largest absolute Gasteiger partial charge is 0.449 e. The third kappa shape index (κ3) is 3.54. The Balaban J connectivity index is 2.17. The smallest absolute Gasteiger partial charge is 0.409 e. The van der Waals surface area contributed by atoms with Crippen molar-refractivity contribution in [2.75, 3.05) is 32.8 Å². The molecule has 0 atom stereocenters. The van der Waals surface area contributed by atoms with Crippen LogP contribution in [0.3, 0.4) is 0 Å². The molecule has 0 spiro atoms. The summed E-state index contributed by atoms with van der Waals surface area (Å²) in [7, 11) is 3.82. The number of hydrogen-bond donors (Lipinski definition) is 0. The van der Waals surface area contributed by atoms with Crippen LogP contribution in [0.2, 0.25) is 0 Å². The minimum absolute atomic E-state index is 0.174. The molecular formula is C10H19N2O2. The molecule has 0 bridgehead atoms. The Morgan fingerprint density at radius 3 is 2.57 bits per heavy atom. The van der Waals surface area contributed by atoms with E-state index in [2.05, 4.69) is 14.0 Å². The van der Waals surface area contributed by atoms with Gasteiger partial charge in [-0.15, -0.1) is 0 Å². The van der Waals surface area contributed by atoms with Crippen LogP contribution in [0, 0.1) is 7.05 Å². The van der Waals surface area contributed by atoms with Crippen LogP contribution in [0.25, 0.3) is 0 Å². The molecule has 1 fully saturated rings. The van der Waals surface area contributed by atoms with E-state index in [4.69, 9.17) is 4.74 Å². The molecule has 1 saturated heterocycles. The fourth-order valence-corrected chi connectivity index (χ4v) is 1.33. The van der Waals surface area contributed by atoms with E-state index in [0.717, 1.165) is 39.0 Å². The minimum Gasteiger partial charge on any atom is -0.449 e. The number of amides is 1. The molecule has 1 aliphatic heterocycles. The summed E-state index contributed by atoms with van der Waals surface area (Å²) in [4.78, 5) is 15.2. The van der Waals surface area contributed by atoms with Gasteiger partial charge >= 0.3 is 6.09 Å². The zero-order chi connectivity index (χ0) is 10.4. The maximum atomic E-state index is 11.4. The summed E-state index contributed by atoms with van der Waals surface area (Å²) < 4.78 is 5.11. The second-order valence-corrected chi connectivity index (χ2v) is 3.57. The lowest BCUT2D eigenvalue weighted by molar-refractivity contribution is 0.0837. The molecule has 0 N–H and O–H groups in total. The zero-order valence-corrected chi connectivity index (χ0v) is 8.87. The van der Waals surface area contributed by atoms with Crippen LogP contribution in [0.4, 0.5) is 4.79 Å². The van der Waals surface area contributed by atoms with Crippen LogP contribution < -0.4 is 0 Å². The molecule has 81 valence electrons. The van der Waals surface area contributed by atoms with E-state index in [1.165, 1.54) is 0 Å². The van der Waals surface area contributed by atoms with Gasteiger partial charge in [-0.3, -0.25) is 4.90 Å². The fourth-order valence-electron chi connectivity index (χ4n) is 1.33. The van der Waals surface area contributed by atoms with Gasteiger partial charge in [0.05, 0.1) is 6.61 Å². The molecule has 0 aliphatic carbocycles. The molecule has 0 aromatic carbocycles. The monoisotopic (exact) mass is 199 g/mol. The quantitative estimate of drug-likeness (QED) is 0.643. The van der Waals surface area contributed by atoms with Gasteiger partial charge in [-0.05, 0) is 6.42 Å². The van der Waals surface area contributed by atoms with Gasteiger partial charge in [0.2, 0.25) is 0 Å². The summed E-state index contributed by atoms with van der Waals surface area (Å²) in [6.45, 7) is 5.75. The van der Waals surface area contributed by atoms with Crippen LogP contribution in [-0.4, -0.2) is 48.7 Å². The highest BCUT2D eigenvalue weighted by Gasteiger charge is 2.19. The maximum Gasteiger partial charge on any atom is 0.409 e. The molecule has 0 aromatic rings. The molecule has 1 radical (unpaired) electrons. The number of ether oxygens (including phenoxy) is 1. The van der Waals surface area contributed by atoms with Crippen molar-refractivity contribution >= 4 is 6.09 Å². The van der Waals surface area contributed by atoms with Gasteiger partial charge in [0.1, 0.15) is 0 Å². The molecule has 1 amide bonds. The molecular weight excluding hydrogens is 180 g/mol. The average molecular weight is 199 g/mol. The van der Waals surface area contributed by atoms with Gasteiger partial charge in [-0.2, -0.15) is 0 Å². The van der Waals surface area contributed by atoms with Crippen molar-refractivity contribution in [1.82, 2.24) is 9.80 Å². The van der Waals surface area contributed by atoms with Gasteiger partial charge in [-0.25, -0.2) is 4.79 Å². The van der Waals surface area contributed by atoms with Crippen LogP contribution in [0.5, 0.6) is 0 Å². The first-order valence-corrected chi connectivity index (χ1v) is 5.21. The lowest BCUT2D eigenvalue weighted by atomic mass is 10.3. The highest BCUT2D eigenvalue weighted by atomic mass is 16.6. The molecule has 4 nitrogen and oxygen atoms in total. The Hall–Kier alpha value is -0.770. The molecule has 14 heavy (non-hydrogen) atoms. The predicted molar refractivity (Wildman–Crippen MR) is 54.8 cm³/mol. The average Bonchev–Trinajstić information content (AvgIpc) is 2.19. The van der Waals surface area contributed by atoms with Crippen LogP contribution >= 0.6 is 0 Å². The Morgan fingerprint density at radius 1 is 1.36 bits per heavy atom. The number of rotatable bonds is 3. The maximum absolute atomic E-state index is 11.4. The van der Waals surface area contributed by atoms with Crippen molar-refractivity contribution in [2.24, 2.45) is 0 Å². The van der Waals surface area contributed by atoms with Crippen molar-refractivity contribution in [3.8, 4) is 0 Å². The third-order valence-electron chi connectivity index (χ3n) is 2.35. The van der Waals surface area contributed by atoms with Gasteiger partial charge in [0, 0.05) is 33.2 Å². The molecule has 0 saturated carbocycles. The van der Waals surface area contributed by atoms with Crippen LogP contribution in [0.1, 0.15) is 19.8 Å². The van der Waals surface area contributed by atoms with Crippen molar-refractivity contribution < 1.29 is 9.53 Å². The minimum atomic E-state index is -0.174. The standard InChI is InChI=1S/C10H19N2O2/c1-3-4-9-14-10(13)12-7-5-11(2)6-8-12/h2-9H2,1H3. The summed E-state index contributed by atoms with van der Waals surface area (Å²) in [5.41, 5.74) is 0. The van der Waals surface area contributed by atoms with Crippen molar-refractivity contribution in [3.63, 3.8) is 0 Å². The number of hydrogen-bond acceptors (Lipinski definition) is 3. The summed E-state index contributed by atoms with van der Waals surface area (Å²) in [5.74, 6) is 0. The highest BCUT2D eigenvalue weighted by Crippen LogP contribution is 2.02. The summed E-state index contributed by atoms with van der Waals surface area (Å²) in [5, 5.41) is 0. The third-order valence-corrected chi connectivity index (χ3v) is 2.35. The van der Waals surface area contributed by atoms with E-state index in [0.29, 0.717) is 6.61 Å². The normalized spacial score (nSPS) is 18.3. The molecule has 1 rings (SSSR count). The van der Waals surface area contributed by atoms with E-state index in [1.807, 2.05) is 4.90 Å². The lowest BCUT2D eigenvalue weighted by Gasteiger charge is -2.31. The van der Waals surface area contributed by atoms with Crippen LogP contribution in [0.15, 0.2) is 0 Å². The van der Waals surface area contributed by atoms with Gasteiger partial charge in [0.25, 0.3) is 0 Å². The van der Waals surface area contributed by atoms with E-state index in [9.17, 15) is 4.79 Å². The van der Waals surface area contributed by atoms with E-state index in [-0.39, 0.29) is 6.09 Å². The first-order chi connectivity index (χ1) is 6.74. The number of piperazine rings is 1. The highest BCUT2D eigenvalue weighted by molar-refractivity contribution is 5.67. The molecule has 1 aliphatic rings. The zero-order valence-electron chi connectivity index (χ0n) is 8.87. The first kappa shape index (κ1) is 11.3. The summed E-state index contributed by atoms with van der Waals surface area (Å²) in [6, 6.07) is 0. The summed E-state index contributed by atoms with van der Waals surface area (Å²) in [6.07, 6.45) is 1.83. The topological polar surface area (TPSA) is 32.8 Å². The number of unbranched alkanes of at least 4 members (excludes halogenated alkanes) is 1. The Kier molecular flexibility index (Phi) is 4.73. The Morgan fingerprint density at radius 2 is 2.00 bits per heavy atom. The van der Waals surface area contributed by atoms with Crippen LogP contribution in [-0.2, 0) is 4.74 Å². The predicted octanol–water partition coefficient (Wildman–Crippen LogP) is 1.33. The molecule has 0 unspecified atom stereocenters. The van der Waals surface area contributed by atoms with Gasteiger partial charge in [0.15, 0.2) is 0 Å². The van der Waals surface area contributed by atoms with Crippen molar-refractivity contribution in [3.05, 3.63) is 7.05 Å². The van der Waals surface area contributed by atoms with Gasteiger partial charge < -0.3 is 9.64 Å². The van der Waals surface area contributed by atoms with E-state index >= 15 is 0 Å². The Labute approximate surface area is 85.8 Å². The number of carbonyl (C=O) groups excluding carboxylic acids is 1. The van der Waals surface area contributed by atoms with Crippen molar-refractivity contribution in [1.29, 1.82) is 0 Å². The van der Waals surface area contributed by atoms with Crippen molar-refractivity contribution in [2.45, 2.75) is 19.8 Å². The summed E-state index contributed by atoms with van der Waals surface area (Å²) >= 11 is 0. The van der Waals surface area contributed by atoms with E-state index in [1.54, 1.807) is 4.90 Å².